The molecule has 2 N–H and O–H groups in total. The maximum atomic E-state index is 12.7. The molecule has 0 radical (unpaired) electrons. The summed E-state index contributed by atoms with van der Waals surface area (Å²) in [6.45, 7) is 1.75. The summed E-state index contributed by atoms with van der Waals surface area (Å²) in [6, 6.07) is 3.84. The number of amides is 2. The Morgan fingerprint density at radius 1 is 1.08 bits per heavy atom. The number of carbonyl (C=O) groups excluding carboxylic acids is 2. The zero-order chi connectivity index (χ0) is 17.5. The van der Waals surface area contributed by atoms with E-state index in [1.807, 2.05) is 4.90 Å². The van der Waals surface area contributed by atoms with Crippen molar-refractivity contribution in [3.63, 3.8) is 0 Å². The molecular formula is C19H28N4O2. The minimum absolute atomic E-state index is 0.00277. The highest BCUT2D eigenvalue weighted by Crippen LogP contribution is 2.19. The van der Waals surface area contributed by atoms with Gasteiger partial charge in [0.05, 0.1) is 12.1 Å². The van der Waals surface area contributed by atoms with E-state index >= 15 is 0 Å². The first-order valence-electron chi connectivity index (χ1n) is 9.51. The van der Waals surface area contributed by atoms with Crippen LogP contribution in [0.15, 0.2) is 18.3 Å². The first-order chi connectivity index (χ1) is 12.2. The van der Waals surface area contributed by atoms with Crippen molar-refractivity contribution in [3.05, 3.63) is 23.9 Å². The normalized spacial score (nSPS) is 18.6. The molecule has 6 nitrogen and oxygen atoms in total. The molecule has 2 heterocycles. The summed E-state index contributed by atoms with van der Waals surface area (Å²) in [5.41, 5.74) is 0.551. The number of rotatable bonds is 5. The molecule has 0 aromatic carbocycles. The smallest absolute Gasteiger partial charge is 0.257 e. The Kier molecular flexibility index (Phi) is 6.25. The number of pyridine rings is 1. The van der Waals surface area contributed by atoms with Gasteiger partial charge < -0.3 is 15.5 Å². The number of anilines is 1. The SMILES string of the molecule is O=C(CNc1ncccc1C(=O)N1CCCCC1)NC1CCCCC1. The third kappa shape index (κ3) is 4.94. The molecule has 6 heteroatoms. The van der Waals surface area contributed by atoms with Crippen molar-refractivity contribution in [2.24, 2.45) is 0 Å². The summed E-state index contributed by atoms with van der Waals surface area (Å²) in [7, 11) is 0. The molecule has 1 aromatic rings. The zero-order valence-electron chi connectivity index (χ0n) is 14.8. The van der Waals surface area contributed by atoms with Crippen LogP contribution in [0, 0.1) is 0 Å². The highest BCUT2D eigenvalue weighted by atomic mass is 16.2. The Balaban J connectivity index is 1.56. The van der Waals surface area contributed by atoms with E-state index < -0.39 is 0 Å². The second-order valence-corrected chi connectivity index (χ2v) is 7.01. The molecule has 25 heavy (non-hydrogen) atoms. The van der Waals surface area contributed by atoms with Gasteiger partial charge in [0.2, 0.25) is 5.91 Å². The number of hydrogen-bond acceptors (Lipinski definition) is 4. The standard InChI is InChI=1S/C19H28N4O2/c24-17(22-15-8-3-1-4-9-15)14-21-18-16(10-7-11-20-18)19(25)23-12-5-2-6-13-23/h7,10-11,15H,1-6,8-9,12-14H2,(H,20,21)(H,22,24). The van der Waals surface area contributed by atoms with E-state index in [1.165, 1.54) is 25.7 Å². The van der Waals surface area contributed by atoms with Crippen molar-refractivity contribution in [2.75, 3.05) is 25.0 Å². The fourth-order valence-electron chi connectivity index (χ4n) is 3.68. The lowest BCUT2D eigenvalue weighted by Crippen LogP contribution is -2.40. The lowest BCUT2D eigenvalue weighted by molar-refractivity contribution is -0.120. The van der Waals surface area contributed by atoms with E-state index in [1.54, 1.807) is 18.3 Å². The van der Waals surface area contributed by atoms with E-state index in [0.29, 0.717) is 17.4 Å². The fraction of sp³-hybridized carbons (Fsp3) is 0.632. The van der Waals surface area contributed by atoms with Crippen molar-refractivity contribution in [3.8, 4) is 0 Å². The maximum absolute atomic E-state index is 12.7. The van der Waals surface area contributed by atoms with E-state index in [-0.39, 0.29) is 18.4 Å². The third-order valence-corrected chi connectivity index (χ3v) is 5.07. The highest BCUT2D eigenvalue weighted by Gasteiger charge is 2.22. The van der Waals surface area contributed by atoms with Gasteiger partial charge in [0.1, 0.15) is 5.82 Å². The van der Waals surface area contributed by atoms with Crippen LogP contribution in [0.1, 0.15) is 61.7 Å². The molecule has 1 aliphatic carbocycles. The van der Waals surface area contributed by atoms with Gasteiger partial charge in [0.15, 0.2) is 0 Å². The van der Waals surface area contributed by atoms with Gasteiger partial charge in [-0.1, -0.05) is 19.3 Å². The average molecular weight is 344 g/mol. The predicted molar refractivity (Wildman–Crippen MR) is 97.5 cm³/mol. The molecule has 1 saturated heterocycles. The van der Waals surface area contributed by atoms with Gasteiger partial charge in [-0.2, -0.15) is 0 Å². The van der Waals surface area contributed by atoms with E-state index in [4.69, 9.17) is 0 Å². The Morgan fingerprint density at radius 3 is 2.56 bits per heavy atom. The quantitative estimate of drug-likeness (QED) is 0.861. The number of likely N-dealkylation sites (tertiary alicyclic amines) is 1. The Labute approximate surface area is 149 Å². The molecule has 0 bridgehead atoms. The van der Waals surface area contributed by atoms with Crippen molar-refractivity contribution in [1.29, 1.82) is 0 Å². The zero-order valence-corrected chi connectivity index (χ0v) is 14.8. The largest absolute Gasteiger partial charge is 0.360 e. The fourth-order valence-corrected chi connectivity index (χ4v) is 3.68. The van der Waals surface area contributed by atoms with Crippen LogP contribution < -0.4 is 10.6 Å². The predicted octanol–water partition coefficient (Wildman–Crippen LogP) is 2.57. The van der Waals surface area contributed by atoms with Crippen LogP contribution >= 0.6 is 0 Å². The van der Waals surface area contributed by atoms with Crippen molar-refractivity contribution >= 4 is 17.6 Å². The van der Waals surface area contributed by atoms with Gasteiger partial charge in [0.25, 0.3) is 5.91 Å². The van der Waals surface area contributed by atoms with Crippen molar-refractivity contribution < 1.29 is 9.59 Å². The molecule has 0 unspecified atom stereocenters. The van der Waals surface area contributed by atoms with E-state index in [9.17, 15) is 9.59 Å². The number of piperidine rings is 1. The molecule has 1 aromatic heterocycles. The third-order valence-electron chi connectivity index (χ3n) is 5.07. The van der Waals surface area contributed by atoms with Crippen LogP contribution in [0.5, 0.6) is 0 Å². The minimum Gasteiger partial charge on any atom is -0.360 e. The molecule has 2 amide bonds. The molecule has 0 atom stereocenters. The second kappa shape index (κ2) is 8.83. The summed E-state index contributed by atoms with van der Waals surface area (Å²) in [6.07, 6.45) is 10.7. The molecule has 136 valence electrons. The van der Waals surface area contributed by atoms with Crippen molar-refractivity contribution in [2.45, 2.75) is 57.4 Å². The molecule has 3 rings (SSSR count). The molecule has 2 aliphatic rings. The van der Waals surface area contributed by atoms with Crippen LogP contribution in [0.25, 0.3) is 0 Å². The lowest BCUT2D eigenvalue weighted by atomic mass is 9.95. The summed E-state index contributed by atoms with van der Waals surface area (Å²) in [5, 5.41) is 6.13. The Bertz CT molecular complexity index is 593. The summed E-state index contributed by atoms with van der Waals surface area (Å²) >= 11 is 0. The van der Waals surface area contributed by atoms with Crippen LogP contribution in [0.4, 0.5) is 5.82 Å². The lowest BCUT2D eigenvalue weighted by Gasteiger charge is -2.27. The summed E-state index contributed by atoms with van der Waals surface area (Å²) in [5.74, 6) is 0.466. The average Bonchev–Trinajstić information content (AvgIpc) is 2.67. The van der Waals surface area contributed by atoms with Gasteiger partial charge in [0, 0.05) is 25.3 Å². The molecular weight excluding hydrogens is 316 g/mol. The molecule has 2 fully saturated rings. The van der Waals surface area contributed by atoms with Crippen molar-refractivity contribution in [1.82, 2.24) is 15.2 Å². The van der Waals surface area contributed by atoms with Gasteiger partial charge in [-0.25, -0.2) is 4.98 Å². The van der Waals surface area contributed by atoms with E-state index in [0.717, 1.165) is 38.8 Å². The van der Waals surface area contributed by atoms with Gasteiger partial charge >= 0.3 is 0 Å². The van der Waals surface area contributed by atoms with Gasteiger partial charge in [-0.05, 0) is 44.2 Å². The van der Waals surface area contributed by atoms with Crippen LogP contribution in [0.2, 0.25) is 0 Å². The van der Waals surface area contributed by atoms with Crippen LogP contribution in [-0.4, -0.2) is 47.4 Å². The minimum atomic E-state index is -0.0334. The number of aromatic nitrogens is 1. The second-order valence-electron chi connectivity index (χ2n) is 7.01. The Hall–Kier alpha value is -2.11. The van der Waals surface area contributed by atoms with Crippen LogP contribution in [-0.2, 0) is 4.79 Å². The Morgan fingerprint density at radius 2 is 1.80 bits per heavy atom. The number of nitrogens with one attached hydrogen (secondary N) is 2. The summed E-state index contributed by atoms with van der Waals surface area (Å²) in [4.78, 5) is 31.1. The highest BCUT2D eigenvalue weighted by molar-refractivity contribution is 5.99. The number of hydrogen-bond donors (Lipinski definition) is 2. The monoisotopic (exact) mass is 344 g/mol. The first kappa shape index (κ1) is 17.7. The maximum Gasteiger partial charge on any atom is 0.257 e. The molecule has 0 spiro atoms. The van der Waals surface area contributed by atoms with Gasteiger partial charge in [-0.3, -0.25) is 9.59 Å². The first-order valence-corrected chi connectivity index (χ1v) is 9.51. The number of nitrogens with zero attached hydrogens (tertiary/aromatic N) is 2. The van der Waals surface area contributed by atoms with E-state index in [2.05, 4.69) is 15.6 Å². The van der Waals surface area contributed by atoms with Crippen LogP contribution in [0.3, 0.4) is 0 Å². The number of carbonyl (C=O) groups is 2. The molecule has 1 saturated carbocycles. The van der Waals surface area contributed by atoms with Gasteiger partial charge in [-0.15, -0.1) is 0 Å². The molecule has 1 aliphatic heterocycles. The topological polar surface area (TPSA) is 74.3 Å². The summed E-state index contributed by atoms with van der Waals surface area (Å²) < 4.78 is 0.